The zero-order valence-corrected chi connectivity index (χ0v) is 18.3. The van der Waals surface area contributed by atoms with Crippen molar-refractivity contribution in [3.05, 3.63) is 95.6 Å². The van der Waals surface area contributed by atoms with Gasteiger partial charge in [0.25, 0.3) is 0 Å². The Bertz CT molecular complexity index is 1090. The van der Waals surface area contributed by atoms with Gasteiger partial charge in [-0.05, 0) is 47.5 Å². The SMILES string of the molecule is COc1ccc(C(C(=O)c2ccc(OCc3ccccc3)cc2)C(OC(C)=O)C(=O)O)cc1. The highest BCUT2D eigenvalue weighted by molar-refractivity contribution is 6.04. The molecule has 0 radical (unpaired) electrons. The van der Waals surface area contributed by atoms with Crippen molar-refractivity contribution in [1.29, 1.82) is 0 Å². The highest BCUT2D eigenvalue weighted by Gasteiger charge is 2.38. The Balaban J connectivity index is 1.86. The molecular weight excluding hydrogens is 424 g/mol. The zero-order valence-electron chi connectivity index (χ0n) is 18.3. The fraction of sp³-hybridized carbons (Fsp3) is 0.192. The third-order valence-electron chi connectivity index (χ3n) is 4.98. The van der Waals surface area contributed by atoms with Crippen molar-refractivity contribution in [2.75, 3.05) is 7.11 Å². The predicted molar refractivity (Wildman–Crippen MR) is 120 cm³/mol. The molecule has 0 amide bonds. The van der Waals surface area contributed by atoms with Gasteiger partial charge in [-0.2, -0.15) is 0 Å². The van der Waals surface area contributed by atoms with E-state index < -0.39 is 29.7 Å². The molecule has 7 heteroatoms. The third kappa shape index (κ3) is 6.20. The van der Waals surface area contributed by atoms with E-state index in [2.05, 4.69) is 0 Å². The quantitative estimate of drug-likeness (QED) is 0.365. The molecule has 7 nitrogen and oxygen atoms in total. The van der Waals surface area contributed by atoms with Crippen LogP contribution >= 0.6 is 0 Å². The number of methoxy groups -OCH3 is 1. The average Bonchev–Trinajstić information content (AvgIpc) is 2.83. The minimum Gasteiger partial charge on any atom is -0.497 e. The first-order valence-corrected chi connectivity index (χ1v) is 10.2. The Morgan fingerprint density at radius 2 is 1.45 bits per heavy atom. The highest BCUT2D eigenvalue weighted by atomic mass is 16.6. The molecule has 2 unspecified atom stereocenters. The van der Waals surface area contributed by atoms with Crippen LogP contribution in [0.15, 0.2) is 78.9 Å². The number of rotatable bonds is 10. The molecule has 0 saturated carbocycles. The maximum Gasteiger partial charge on any atom is 0.346 e. The lowest BCUT2D eigenvalue weighted by atomic mass is 9.86. The number of Topliss-reactive ketones (excluding diaryl/α,β-unsaturated/α-hetero) is 1. The van der Waals surface area contributed by atoms with Crippen LogP contribution in [-0.4, -0.2) is 36.0 Å². The number of carboxylic acid groups (broad SMARTS) is 1. The van der Waals surface area contributed by atoms with Crippen LogP contribution in [0, 0.1) is 0 Å². The van der Waals surface area contributed by atoms with Gasteiger partial charge in [0.1, 0.15) is 18.1 Å². The monoisotopic (exact) mass is 448 g/mol. The fourth-order valence-corrected chi connectivity index (χ4v) is 3.35. The summed E-state index contributed by atoms with van der Waals surface area (Å²) in [6.45, 7) is 1.47. The van der Waals surface area contributed by atoms with E-state index in [1.165, 1.54) is 7.11 Å². The van der Waals surface area contributed by atoms with Gasteiger partial charge in [-0.25, -0.2) is 4.79 Å². The molecule has 0 aliphatic rings. The van der Waals surface area contributed by atoms with Gasteiger partial charge in [0, 0.05) is 12.5 Å². The molecule has 3 rings (SSSR count). The summed E-state index contributed by atoms with van der Waals surface area (Å²) >= 11 is 0. The van der Waals surface area contributed by atoms with E-state index in [9.17, 15) is 19.5 Å². The first-order valence-electron chi connectivity index (χ1n) is 10.2. The predicted octanol–water partition coefficient (Wildman–Crippen LogP) is 4.26. The van der Waals surface area contributed by atoms with Crippen molar-refractivity contribution in [3.8, 4) is 11.5 Å². The summed E-state index contributed by atoms with van der Waals surface area (Å²) < 4.78 is 15.9. The minimum absolute atomic E-state index is 0.265. The molecule has 0 aromatic heterocycles. The van der Waals surface area contributed by atoms with Crippen molar-refractivity contribution < 1.29 is 33.7 Å². The van der Waals surface area contributed by atoms with Crippen LogP contribution in [0.2, 0.25) is 0 Å². The van der Waals surface area contributed by atoms with Gasteiger partial charge in [0.15, 0.2) is 5.78 Å². The fourth-order valence-electron chi connectivity index (χ4n) is 3.35. The summed E-state index contributed by atoms with van der Waals surface area (Å²) in [6, 6.07) is 22.4. The van der Waals surface area contributed by atoms with Crippen molar-refractivity contribution in [2.45, 2.75) is 25.6 Å². The van der Waals surface area contributed by atoms with Gasteiger partial charge in [-0.1, -0.05) is 42.5 Å². The number of aliphatic carboxylic acids is 1. The van der Waals surface area contributed by atoms with E-state index in [1.807, 2.05) is 30.3 Å². The number of ether oxygens (including phenoxy) is 3. The number of ketones is 1. The normalized spacial score (nSPS) is 12.3. The van der Waals surface area contributed by atoms with E-state index in [0.717, 1.165) is 12.5 Å². The lowest BCUT2D eigenvalue weighted by Crippen LogP contribution is -2.37. The molecule has 0 aliphatic heterocycles. The van der Waals surface area contributed by atoms with E-state index in [0.29, 0.717) is 23.7 Å². The molecule has 33 heavy (non-hydrogen) atoms. The van der Waals surface area contributed by atoms with E-state index >= 15 is 0 Å². The van der Waals surface area contributed by atoms with Gasteiger partial charge >= 0.3 is 11.9 Å². The molecule has 1 N–H and O–H groups in total. The second-order valence-electron chi connectivity index (χ2n) is 7.28. The third-order valence-corrected chi connectivity index (χ3v) is 4.98. The Hall–Kier alpha value is -4.13. The molecule has 0 saturated heterocycles. The van der Waals surface area contributed by atoms with Gasteiger partial charge < -0.3 is 19.3 Å². The molecule has 0 fully saturated rings. The summed E-state index contributed by atoms with van der Waals surface area (Å²) in [5.74, 6) is -2.84. The zero-order chi connectivity index (χ0) is 23.8. The Morgan fingerprint density at radius 3 is 2.00 bits per heavy atom. The lowest BCUT2D eigenvalue weighted by molar-refractivity contribution is -0.163. The first kappa shape index (κ1) is 23.5. The topological polar surface area (TPSA) is 99.1 Å². The van der Waals surface area contributed by atoms with E-state index in [1.54, 1.807) is 48.5 Å². The number of benzene rings is 3. The van der Waals surface area contributed by atoms with Crippen molar-refractivity contribution >= 4 is 17.7 Å². The smallest absolute Gasteiger partial charge is 0.346 e. The summed E-state index contributed by atoms with van der Waals surface area (Å²) in [4.78, 5) is 36.9. The maximum atomic E-state index is 13.4. The van der Waals surface area contributed by atoms with Crippen LogP contribution in [0.5, 0.6) is 11.5 Å². The Kier molecular flexibility index (Phi) is 7.81. The van der Waals surface area contributed by atoms with Crippen LogP contribution in [0.1, 0.15) is 34.3 Å². The molecule has 0 spiro atoms. The van der Waals surface area contributed by atoms with Crippen LogP contribution in [0.3, 0.4) is 0 Å². The second-order valence-corrected chi connectivity index (χ2v) is 7.28. The molecular formula is C26H24O7. The van der Waals surface area contributed by atoms with E-state index in [-0.39, 0.29) is 5.56 Å². The highest BCUT2D eigenvalue weighted by Crippen LogP contribution is 2.29. The van der Waals surface area contributed by atoms with Crippen molar-refractivity contribution in [2.24, 2.45) is 0 Å². The van der Waals surface area contributed by atoms with Crippen LogP contribution in [-0.2, 0) is 20.9 Å². The molecule has 2 atom stereocenters. The molecule has 3 aromatic carbocycles. The number of hydrogen-bond acceptors (Lipinski definition) is 6. The van der Waals surface area contributed by atoms with Crippen LogP contribution in [0.25, 0.3) is 0 Å². The van der Waals surface area contributed by atoms with E-state index in [4.69, 9.17) is 14.2 Å². The van der Waals surface area contributed by atoms with Gasteiger partial charge in [0.2, 0.25) is 6.10 Å². The van der Waals surface area contributed by atoms with Crippen molar-refractivity contribution in [1.82, 2.24) is 0 Å². The number of carbonyl (C=O) groups is 3. The minimum atomic E-state index is -1.68. The average molecular weight is 448 g/mol. The number of esters is 1. The van der Waals surface area contributed by atoms with Gasteiger partial charge in [0.05, 0.1) is 13.0 Å². The Morgan fingerprint density at radius 1 is 0.848 bits per heavy atom. The van der Waals surface area contributed by atoms with Gasteiger partial charge in [-0.3, -0.25) is 9.59 Å². The standard InChI is InChI=1S/C26H24O7/c1-17(27)33-25(26(29)30)23(19-8-12-21(31-2)13-9-19)24(28)20-10-14-22(15-11-20)32-16-18-6-4-3-5-7-18/h3-15,23,25H,16H2,1-2H3,(H,29,30). The molecule has 3 aromatic rings. The number of carbonyl (C=O) groups excluding carboxylic acids is 2. The maximum absolute atomic E-state index is 13.4. The largest absolute Gasteiger partial charge is 0.497 e. The molecule has 0 aliphatic carbocycles. The molecule has 0 bridgehead atoms. The van der Waals surface area contributed by atoms with Crippen LogP contribution in [0.4, 0.5) is 0 Å². The van der Waals surface area contributed by atoms with Gasteiger partial charge in [-0.15, -0.1) is 0 Å². The van der Waals surface area contributed by atoms with Crippen LogP contribution < -0.4 is 9.47 Å². The number of hydrogen-bond donors (Lipinski definition) is 1. The molecule has 0 heterocycles. The first-order chi connectivity index (χ1) is 15.9. The summed E-state index contributed by atoms with van der Waals surface area (Å²) in [7, 11) is 1.50. The number of carboxylic acids is 1. The Labute approximate surface area is 191 Å². The summed E-state index contributed by atoms with van der Waals surface area (Å²) in [5.41, 5.74) is 1.66. The summed E-state index contributed by atoms with van der Waals surface area (Å²) in [5, 5.41) is 9.70. The van der Waals surface area contributed by atoms with Crippen molar-refractivity contribution in [3.63, 3.8) is 0 Å². The summed E-state index contributed by atoms with van der Waals surface area (Å²) in [6.07, 6.45) is -1.68. The lowest BCUT2D eigenvalue weighted by Gasteiger charge is -2.23. The molecule has 170 valence electrons. The second kappa shape index (κ2) is 10.9.